The molecule has 51 heavy (non-hydrogen) atoms. The molecule has 0 N–H and O–H groups in total. The molecule has 0 radical (unpaired) electrons. The number of aryl methyl sites for hydroxylation is 4. The Morgan fingerprint density at radius 2 is 1.27 bits per heavy atom. The topological polar surface area (TPSA) is 41.5 Å². The molecule has 4 aromatic carbocycles. The summed E-state index contributed by atoms with van der Waals surface area (Å²) < 4.78 is 51.8. The van der Waals surface area contributed by atoms with Crippen LogP contribution in [0.25, 0.3) is 11.3 Å². The first-order chi connectivity index (χ1) is 23.8. The second-order valence-corrected chi connectivity index (χ2v) is 13.3. The molecule has 0 fully saturated rings. The third kappa shape index (κ3) is 7.86. The van der Waals surface area contributed by atoms with E-state index in [-0.39, 0.29) is 37.4 Å². The summed E-state index contributed by atoms with van der Waals surface area (Å²) in [5.41, 5.74) is 6.52. The second-order valence-electron chi connectivity index (χ2n) is 13.3. The summed E-state index contributed by atoms with van der Waals surface area (Å²) in [7, 11) is 0. The third-order valence-corrected chi connectivity index (χ3v) is 8.23. The smallest absolute Gasteiger partial charge is 0.500 e. The molecule has 0 amide bonds. The van der Waals surface area contributed by atoms with E-state index in [2.05, 4.69) is 51.3 Å². The van der Waals surface area contributed by atoms with Crippen LogP contribution in [0.5, 0.6) is 11.5 Å². The van der Waals surface area contributed by atoms with Gasteiger partial charge in [0, 0.05) is 35.1 Å². The summed E-state index contributed by atoms with van der Waals surface area (Å²) in [5.74, 6) is -4.54. The molecule has 2 heterocycles. The summed E-state index contributed by atoms with van der Waals surface area (Å²) in [6, 6.07) is 32.4. The minimum Gasteiger partial charge on any atom is -0.500 e. The molecule has 0 saturated heterocycles. The monoisotopic (exact) mass is 776 g/mol. The first-order valence-electron chi connectivity index (χ1n) is 16.2. The van der Waals surface area contributed by atoms with E-state index in [4.69, 9.17) is 4.74 Å². The molecule has 5 nitrogen and oxygen atoms in total. The van der Waals surface area contributed by atoms with E-state index in [1.807, 2.05) is 89.8 Å². The van der Waals surface area contributed by atoms with Crippen molar-refractivity contribution in [1.82, 2.24) is 9.97 Å². The Bertz CT molecular complexity index is 2120. The van der Waals surface area contributed by atoms with Gasteiger partial charge in [-0.2, -0.15) is 0 Å². The Morgan fingerprint density at radius 1 is 0.667 bits per heavy atom. The van der Waals surface area contributed by atoms with Crippen molar-refractivity contribution in [1.29, 1.82) is 0 Å². The molecule has 9 heteroatoms. The van der Waals surface area contributed by atoms with Gasteiger partial charge in [0.25, 0.3) is 0 Å². The maximum atomic E-state index is 15.5. The van der Waals surface area contributed by atoms with Gasteiger partial charge in [0.05, 0.1) is 11.6 Å². The molecular formula is C42H37F3N4OPd. The number of halogens is 3. The maximum Gasteiger partial charge on any atom is 2.00 e. The molecule has 2 aromatic heterocycles. The molecule has 0 unspecified atom stereocenters. The number of rotatable bonds is 8. The predicted molar refractivity (Wildman–Crippen MR) is 193 cm³/mol. The van der Waals surface area contributed by atoms with Gasteiger partial charge < -0.3 is 19.5 Å². The minimum atomic E-state index is -1.69. The van der Waals surface area contributed by atoms with Crippen LogP contribution in [-0.4, -0.2) is 15.5 Å². The quantitative estimate of drug-likeness (QED) is 0.0875. The van der Waals surface area contributed by atoms with E-state index in [1.54, 1.807) is 24.4 Å². The number of pyridine rings is 2. The number of hydrogen-bond donors (Lipinski definition) is 0. The molecule has 0 saturated carbocycles. The van der Waals surface area contributed by atoms with E-state index in [1.165, 1.54) is 12.3 Å². The Kier molecular flexibility index (Phi) is 11.0. The number of benzene rings is 4. The normalized spacial score (nSPS) is 11.2. The van der Waals surface area contributed by atoms with Gasteiger partial charge in [-0.25, -0.2) is 9.37 Å². The van der Waals surface area contributed by atoms with Crippen LogP contribution in [0.2, 0.25) is 0 Å². The van der Waals surface area contributed by atoms with Crippen LogP contribution in [-0.2, 0) is 20.4 Å². The second kappa shape index (κ2) is 15.1. The molecule has 6 rings (SSSR count). The van der Waals surface area contributed by atoms with E-state index in [0.717, 1.165) is 33.6 Å². The van der Waals surface area contributed by atoms with E-state index in [0.29, 0.717) is 17.2 Å². The fourth-order valence-electron chi connectivity index (χ4n) is 6.05. The Morgan fingerprint density at radius 3 is 1.80 bits per heavy atom. The molecular weight excluding hydrogens is 740 g/mol. The zero-order chi connectivity index (χ0) is 35.7. The van der Waals surface area contributed by atoms with Crippen molar-refractivity contribution in [3.8, 4) is 22.8 Å². The number of nitrogens with zero attached hydrogens (tertiary/aromatic N) is 4. The standard InChI is InChI=1S/C42H37F3N4O.Pd/c1-26-14-16-35(28(3)20-26)48(36-17-15-27(2)21-29(36)4)30-22-31(49(42(5,6)7)38-13-9-11-19-47-38)24-32(23-30)50-37-25-33(34-12-8-10-18-46-34)39(43)41(45)40(37)44;/h8-23H,1-7H3;/q-2;+2. The first kappa shape index (κ1) is 37.3. The van der Waals surface area contributed by atoms with Gasteiger partial charge in [0.15, 0.2) is 0 Å². The van der Waals surface area contributed by atoms with Gasteiger partial charge in [-0.1, -0.05) is 76.6 Å². The first-order valence-corrected chi connectivity index (χ1v) is 16.2. The van der Waals surface area contributed by atoms with Crippen LogP contribution in [0.3, 0.4) is 0 Å². The molecule has 0 aliphatic carbocycles. The van der Waals surface area contributed by atoms with Crippen molar-refractivity contribution < 1.29 is 38.3 Å². The van der Waals surface area contributed by atoms with Crippen molar-refractivity contribution in [2.45, 2.75) is 54.0 Å². The number of aromatic nitrogens is 2. The Hall–Kier alpha value is -4.97. The van der Waals surface area contributed by atoms with E-state index < -0.39 is 28.7 Å². The van der Waals surface area contributed by atoms with Crippen molar-refractivity contribution in [2.75, 3.05) is 9.80 Å². The van der Waals surface area contributed by atoms with Crippen LogP contribution in [0, 0.1) is 57.3 Å². The summed E-state index contributed by atoms with van der Waals surface area (Å²) >= 11 is 0. The molecule has 0 atom stereocenters. The average Bonchev–Trinajstić information content (AvgIpc) is 3.07. The van der Waals surface area contributed by atoms with Crippen molar-refractivity contribution in [2.24, 2.45) is 0 Å². The summed E-state index contributed by atoms with van der Waals surface area (Å²) in [6.07, 6.45) is 3.14. The zero-order valence-corrected chi connectivity index (χ0v) is 30.9. The van der Waals surface area contributed by atoms with Gasteiger partial charge in [0.2, 0.25) is 0 Å². The predicted octanol–water partition coefficient (Wildman–Crippen LogP) is 11.6. The minimum absolute atomic E-state index is 0. The van der Waals surface area contributed by atoms with E-state index in [9.17, 15) is 0 Å². The summed E-state index contributed by atoms with van der Waals surface area (Å²) in [6.45, 7) is 14.3. The van der Waals surface area contributed by atoms with Crippen molar-refractivity contribution in [3.63, 3.8) is 0 Å². The maximum absolute atomic E-state index is 15.5. The van der Waals surface area contributed by atoms with Crippen LogP contribution >= 0.6 is 0 Å². The van der Waals surface area contributed by atoms with Crippen molar-refractivity contribution in [3.05, 3.63) is 149 Å². The third-order valence-electron chi connectivity index (χ3n) is 8.23. The van der Waals surface area contributed by atoms with Crippen LogP contribution < -0.4 is 14.5 Å². The molecule has 0 aliphatic heterocycles. The van der Waals surface area contributed by atoms with Gasteiger partial charge in [-0.3, -0.25) is 8.78 Å². The number of anilines is 5. The largest absolute Gasteiger partial charge is 2.00 e. The van der Waals surface area contributed by atoms with Crippen LogP contribution in [0.1, 0.15) is 43.0 Å². The summed E-state index contributed by atoms with van der Waals surface area (Å²) in [4.78, 5) is 12.9. The molecule has 6 aromatic rings. The van der Waals surface area contributed by atoms with E-state index >= 15 is 13.2 Å². The molecule has 0 aliphatic rings. The van der Waals surface area contributed by atoms with Gasteiger partial charge in [0.1, 0.15) is 17.5 Å². The summed E-state index contributed by atoms with van der Waals surface area (Å²) in [5, 5.41) is 0. The van der Waals surface area contributed by atoms with Crippen molar-refractivity contribution >= 4 is 28.6 Å². The SMILES string of the molecule is Cc1ccc(N(c2cc(Oc3[c-]c(-c4ccccn4)c(F)c(F)c3F)[c-]c(N(c3ccccn3)C(C)(C)C)c2)c2ccc(C)cc2C)c(C)c1.[Pd+2]. The zero-order valence-electron chi connectivity index (χ0n) is 29.4. The van der Waals surface area contributed by atoms with Gasteiger partial charge >= 0.3 is 20.4 Å². The Labute approximate surface area is 311 Å². The van der Waals surface area contributed by atoms with Crippen LogP contribution in [0.4, 0.5) is 41.7 Å². The van der Waals surface area contributed by atoms with Gasteiger partial charge in [-0.05, 0) is 95.6 Å². The fourth-order valence-corrected chi connectivity index (χ4v) is 6.05. The average molecular weight is 777 g/mol. The molecule has 0 bridgehead atoms. The number of hydrogen-bond acceptors (Lipinski definition) is 5. The Balaban J connectivity index is 0.00000504. The molecule has 0 spiro atoms. The van der Waals surface area contributed by atoms with Crippen LogP contribution in [0.15, 0.2) is 97.3 Å². The number of ether oxygens (including phenoxy) is 1. The van der Waals surface area contributed by atoms with Gasteiger partial charge in [-0.15, -0.1) is 18.2 Å². The fraction of sp³-hybridized carbons (Fsp3) is 0.190. The molecule has 262 valence electrons.